The fraction of sp³-hybridized carbons (Fsp3) is 0.571. The van der Waals surface area contributed by atoms with Gasteiger partial charge in [0.1, 0.15) is 0 Å². The molecule has 1 aliphatic rings. The second-order valence-corrected chi connectivity index (χ2v) is 6.24. The maximum Gasteiger partial charge on any atom is 0.0417 e. The molecule has 1 aromatic rings. The van der Waals surface area contributed by atoms with Crippen molar-refractivity contribution in [3.05, 3.63) is 28.8 Å². The maximum atomic E-state index is 6.08. The molecule has 0 unspecified atom stereocenters. The van der Waals surface area contributed by atoms with Crippen LogP contribution in [0, 0.1) is 5.92 Å². The van der Waals surface area contributed by atoms with Gasteiger partial charge in [0.2, 0.25) is 0 Å². The van der Waals surface area contributed by atoms with E-state index in [9.17, 15) is 0 Å². The van der Waals surface area contributed by atoms with Crippen LogP contribution in [0.5, 0.6) is 0 Å². The van der Waals surface area contributed by atoms with Crippen molar-refractivity contribution in [1.82, 2.24) is 5.32 Å². The Morgan fingerprint density at radius 3 is 2.82 bits per heavy atom. The van der Waals surface area contributed by atoms with Crippen molar-refractivity contribution < 1.29 is 0 Å². The van der Waals surface area contributed by atoms with Crippen LogP contribution in [0.25, 0.3) is 0 Å². The first kappa shape index (κ1) is 13.3. The highest BCUT2D eigenvalue weighted by atomic mass is 35.5. The van der Waals surface area contributed by atoms with E-state index in [1.807, 2.05) is 24.9 Å². The molecule has 1 fully saturated rings. The summed E-state index contributed by atoms with van der Waals surface area (Å²) in [7, 11) is 1.99. The molecular weight excluding hydrogens is 250 g/mol. The quantitative estimate of drug-likeness (QED) is 0.798. The standard InChI is InChI=1S/C14H20ClNS/c1-16-9-12-6-7-13(15)8-14(12)17-10-11-4-2-3-5-11/h6-8,11,16H,2-5,9-10H2,1H3. The summed E-state index contributed by atoms with van der Waals surface area (Å²) in [6, 6.07) is 6.22. The predicted octanol–water partition coefficient (Wildman–Crippen LogP) is 4.34. The van der Waals surface area contributed by atoms with Gasteiger partial charge in [-0.2, -0.15) is 0 Å². The Bertz CT molecular complexity index is 361. The van der Waals surface area contributed by atoms with Crippen LogP contribution >= 0.6 is 23.4 Å². The van der Waals surface area contributed by atoms with Gasteiger partial charge in [0, 0.05) is 22.2 Å². The van der Waals surface area contributed by atoms with Gasteiger partial charge in [0.15, 0.2) is 0 Å². The normalized spacial score (nSPS) is 16.6. The molecule has 0 aromatic heterocycles. The second-order valence-electron chi connectivity index (χ2n) is 4.74. The number of hydrogen-bond donors (Lipinski definition) is 1. The fourth-order valence-corrected chi connectivity index (χ4v) is 3.91. The smallest absolute Gasteiger partial charge is 0.0417 e. The van der Waals surface area contributed by atoms with Crippen molar-refractivity contribution in [3.8, 4) is 0 Å². The van der Waals surface area contributed by atoms with E-state index >= 15 is 0 Å². The van der Waals surface area contributed by atoms with E-state index in [1.165, 1.54) is 41.9 Å². The molecule has 3 heteroatoms. The largest absolute Gasteiger partial charge is 0.316 e. The molecule has 1 aliphatic carbocycles. The SMILES string of the molecule is CNCc1ccc(Cl)cc1SCC1CCCC1. The van der Waals surface area contributed by atoms with E-state index in [1.54, 1.807) is 0 Å². The first-order valence-corrected chi connectivity index (χ1v) is 7.72. The van der Waals surface area contributed by atoms with Gasteiger partial charge in [-0.05, 0) is 43.5 Å². The van der Waals surface area contributed by atoms with Crippen LogP contribution in [-0.2, 0) is 6.54 Å². The predicted molar refractivity (Wildman–Crippen MR) is 76.9 cm³/mol. The van der Waals surface area contributed by atoms with Crippen LogP contribution < -0.4 is 5.32 Å². The molecule has 1 nitrogen and oxygen atoms in total. The van der Waals surface area contributed by atoms with Crippen LogP contribution in [0.1, 0.15) is 31.2 Å². The van der Waals surface area contributed by atoms with E-state index in [0.717, 1.165) is 17.5 Å². The van der Waals surface area contributed by atoms with Crippen molar-refractivity contribution in [3.63, 3.8) is 0 Å². The van der Waals surface area contributed by atoms with E-state index in [2.05, 4.69) is 17.4 Å². The van der Waals surface area contributed by atoms with Crippen LogP contribution in [0.4, 0.5) is 0 Å². The van der Waals surface area contributed by atoms with Crippen molar-refractivity contribution in [1.29, 1.82) is 0 Å². The molecule has 94 valence electrons. The molecule has 0 spiro atoms. The molecule has 1 aromatic carbocycles. The summed E-state index contributed by atoms with van der Waals surface area (Å²) < 4.78 is 0. The lowest BCUT2D eigenvalue weighted by molar-refractivity contribution is 0.623. The first-order valence-electron chi connectivity index (χ1n) is 6.35. The Hall–Kier alpha value is -0.180. The van der Waals surface area contributed by atoms with E-state index in [-0.39, 0.29) is 0 Å². The van der Waals surface area contributed by atoms with E-state index in [0.29, 0.717) is 0 Å². The number of thioether (sulfide) groups is 1. The summed E-state index contributed by atoms with van der Waals surface area (Å²) in [6.45, 7) is 0.921. The molecule has 2 rings (SSSR count). The molecule has 0 amide bonds. The molecular formula is C14H20ClNS. The highest BCUT2D eigenvalue weighted by Gasteiger charge is 2.15. The monoisotopic (exact) mass is 269 g/mol. The highest BCUT2D eigenvalue weighted by Crippen LogP contribution is 2.33. The summed E-state index contributed by atoms with van der Waals surface area (Å²) in [5, 5.41) is 4.06. The molecule has 1 N–H and O–H groups in total. The summed E-state index contributed by atoms with van der Waals surface area (Å²) in [5.41, 5.74) is 1.36. The van der Waals surface area contributed by atoms with E-state index in [4.69, 9.17) is 11.6 Å². The molecule has 0 saturated heterocycles. The van der Waals surface area contributed by atoms with Crippen molar-refractivity contribution in [2.45, 2.75) is 37.1 Å². The Morgan fingerprint density at radius 1 is 1.35 bits per heavy atom. The molecule has 0 radical (unpaired) electrons. The lowest BCUT2D eigenvalue weighted by atomic mass is 10.1. The fourth-order valence-electron chi connectivity index (χ4n) is 2.38. The van der Waals surface area contributed by atoms with Crippen molar-refractivity contribution in [2.24, 2.45) is 5.92 Å². The Morgan fingerprint density at radius 2 is 2.12 bits per heavy atom. The minimum Gasteiger partial charge on any atom is -0.316 e. The van der Waals surface area contributed by atoms with Gasteiger partial charge in [0.05, 0.1) is 0 Å². The third kappa shape index (κ3) is 3.90. The van der Waals surface area contributed by atoms with Crippen LogP contribution in [-0.4, -0.2) is 12.8 Å². The van der Waals surface area contributed by atoms with Gasteiger partial charge >= 0.3 is 0 Å². The summed E-state index contributed by atoms with van der Waals surface area (Å²) in [5.74, 6) is 2.17. The molecule has 0 heterocycles. The van der Waals surface area contributed by atoms with Crippen LogP contribution in [0.2, 0.25) is 5.02 Å². The van der Waals surface area contributed by atoms with Crippen LogP contribution in [0.15, 0.2) is 23.1 Å². The third-order valence-electron chi connectivity index (χ3n) is 3.35. The topological polar surface area (TPSA) is 12.0 Å². The van der Waals surface area contributed by atoms with E-state index < -0.39 is 0 Å². The second kappa shape index (κ2) is 6.67. The van der Waals surface area contributed by atoms with Gasteiger partial charge in [-0.15, -0.1) is 11.8 Å². The number of nitrogens with one attached hydrogen (secondary N) is 1. The van der Waals surface area contributed by atoms with Crippen molar-refractivity contribution in [2.75, 3.05) is 12.8 Å². The lowest BCUT2D eigenvalue weighted by Gasteiger charge is -2.12. The maximum absolute atomic E-state index is 6.08. The van der Waals surface area contributed by atoms with Crippen molar-refractivity contribution >= 4 is 23.4 Å². The van der Waals surface area contributed by atoms with Crippen LogP contribution in [0.3, 0.4) is 0 Å². The average molecular weight is 270 g/mol. The number of hydrogen-bond acceptors (Lipinski definition) is 2. The third-order valence-corrected chi connectivity index (χ3v) is 4.91. The molecule has 0 atom stereocenters. The van der Waals surface area contributed by atoms with Gasteiger partial charge in [-0.25, -0.2) is 0 Å². The summed E-state index contributed by atoms with van der Waals surface area (Å²) in [4.78, 5) is 1.35. The minimum atomic E-state index is 0.846. The Labute approximate surface area is 113 Å². The first-order chi connectivity index (χ1) is 8.29. The Kier molecular flexibility index (Phi) is 5.20. The lowest BCUT2D eigenvalue weighted by Crippen LogP contribution is -2.06. The zero-order chi connectivity index (χ0) is 12.1. The summed E-state index contributed by atoms with van der Waals surface area (Å²) in [6.07, 6.45) is 5.66. The molecule has 0 aliphatic heterocycles. The number of rotatable bonds is 5. The molecule has 1 saturated carbocycles. The molecule has 17 heavy (non-hydrogen) atoms. The minimum absolute atomic E-state index is 0.846. The Balaban J connectivity index is 1.99. The molecule has 0 bridgehead atoms. The van der Waals surface area contributed by atoms with Gasteiger partial charge in [0.25, 0.3) is 0 Å². The zero-order valence-electron chi connectivity index (χ0n) is 10.3. The zero-order valence-corrected chi connectivity index (χ0v) is 11.9. The summed E-state index contributed by atoms with van der Waals surface area (Å²) >= 11 is 8.05. The number of halogens is 1. The average Bonchev–Trinajstić information content (AvgIpc) is 2.82. The van der Waals surface area contributed by atoms with Gasteiger partial charge in [-0.3, -0.25) is 0 Å². The highest BCUT2D eigenvalue weighted by molar-refractivity contribution is 7.99. The van der Waals surface area contributed by atoms with Gasteiger partial charge < -0.3 is 5.32 Å². The van der Waals surface area contributed by atoms with Gasteiger partial charge in [-0.1, -0.05) is 30.5 Å². The number of benzene rings is 1.